The van der Waals surface area contributed by atoms with Crippen LogP contribution in [0.4, 0.5) is 0 Å². The van der Waals surface area contributed by atoms with Crippen molar-refractivity contribution in [1.82, 2.24) is 25.1 Å². The van der Waals surface area contributed by atoms with Gasteiger partial charge in [-0.2, -0.15) is 5.10 Å². The average molecular weight is 383 g/mol. The second-order valence-electron chi connectivity index (χ2n) is 7.76. The Labute approximate surface area is 170 Å². The lowest BCUT2D eigenvalue weighted by molar-refractivity contribution is 0.560. The van der Waals surface area contributed by atoms with Gasteiger partial charge in [0.25, 0.3) is 0 Å². The highest BCUT2D eigenvalue weighted by atomic mass is 15.3. The molecule has 0 radical (unpaired) electrons. The largest absolute Gasteiger partial charge is 0.361 e. The van der Waals surface area contributed by atoms with Gasteiger partial charge in [0.05, 0.1) is 5.69 Å². The summed E-state index contributed by atoms with van der Waals surface area (Å²) in [4.78, 5) is 7.81. The summed E-state index contributed by atoms with van der Waals surface area (Å²) in [6.45, 7) is 5.10. The van der Waals surface area contributed by atoms with E-state index in [-0.39, 0.29) is 0 Å². The molecule has 0 unspecified atom stereocenters. The van der Waals surface area contributed by atoms with Gasteiger partial charge in [0.2, 0.25) is 0 Å². The standard InChI is InChI=1S/C24H25N5/c1-16-24(17(2)29(28-16)23-9-5-6-12-25-23)18-10-11-20(13-18)26-14-19-15-27-22-8-4-3-7-21(19)22/h3-12,15,18,20,26-27H,13-14H2,1-2H3/t18-,20-/m1/s1. The summed E-state index contributed by atoms with van der Waals surface area (Å²) in [5, 5.41) is 9.77. The molecule has 0 spiro atoms. The van der Waals surface area contributed by atoms with Crippen LogP contribution in [0.2, 0.25) is 0 Å². The van der Waals surface area contributed by atoms with Crippen molar-refractivity contribution in [1.29, 1.82) is 0 Å². The fourth-order valence-electron chi connectivity index (χ4n) is 4.48. The van der Waals surface area contributed by atoms with E-state index < -0.39 is 0 Å². The zero-order valence-electron chi connectivity index (χ0n) is 16.8. The van der Waals surface area contributed by atoms with Crippen molar-refractivity contribution >= 4 is 10.9 Å². The number of pyridine rings is 1. The lowest BCUT2D eigenvalue weighted by Crippen LogP contribution is -2.25. The van der Waals surface area contributed by atoms with Gasteiger partial charge in [0.15, 0.2) is 5.82 Å². The quantitative estimate of drug-likeness (QED) is 0.497. The second kappa shape index (κ2) is 7.33. The van der Waals surface area contributed by atoms with Crippen LogP contribution < -0.4 is 5.32 Å². The molecule has 0 saturated heterocycles. The summed E-state index contributed by atoms with van der Waals surface area (Å²) in [6.07, 6.45) is 9.60. The van der Waals surface area contributed by atoms with E-state index in [1.165, 1.54) is 27.7 Å². The first kappa shape index (κ1) is 17.9. The second-order valence-corrected chi connectivity index (χ2v) is 7.76. The number of aryl methyl sites for hydroxylation is 1. The highest BCUT2D eigenvalue weighted by Gasteiger charge is 2.26. The third-order valence-corrected chi connectivity index (χ3v) is 5.90. The number of rotatable bonds is 5. The Balaban J connectivity index is 1.30. The van der Waals surface area contributed by atoms with E-state index in [4.69, 9.17) is 5.10 Å². The fraction of sp³-hybridized carbons (Fsp3) is 0.250. The van der Waals surface area contributed by atoms with Gasteiger partial charge in [-0.25, -0.2) is 9.67 Å². The van der Waals surface area contributed by atoms with Gasteiger partial charge >= 0.3 is 0 Å². The molecule has 1 aliphatic rings. The SMILES string of the molecule is Cc1nn(-c2ccccn2)c(C)c1[C@@H]1C=C[C@@H](NCc2c[nH]c3ccccc23)C1. The molecule has 5 rings (SSSR count). The molecular formula is C24H25N5. The number of hydrogen-bond donors (Lipinski definition) is 2. The van der Waals surface area contributed by atoms with Crippen molar-refractivity contribution < 1.29 is 0 Å². The third kappa shape index (κ3) is 3.28. The summed E-state index contributed by atoms with van der Waals surface area (Å²) >= 11 is 0. The third-order valence-electron chi connectivity index (χ3n) is 5.90. The Morgan fingerprint density at radius 2 is 1.97 bits per heavy atom. The van der Waals surface area contributed by atoms with Gasteiger partial charge in [-0.15, -0.1) is 0 Å². The molecule has 0 aliphatic heterocycles. The highest BCUT2D eigenvalue weighted by Crippen LogP contribution is 2.34. The fourth-order valence-corrected chi connectivity index (χ4v) is 4.48. The molecule has 1 aliphatic carbocycles. The monoisotopic (exact) mass is 383 g/mol. The van der Waals surface area contributed by atoms with Crippen LogP contribution in [0.1, 0.15) is 34.9 Å². The topological polar surface area (TPSA) is 58.5 Å². The molecule has 2 N–H and O–H groups in total. The van der Waals surface area contributed by atoms with Crippen LogP contribution in [0.15, 0.2) is 67.0 Å². The molecular weight excluding hydrogens is 358 g/mol. The van der Waals surface area contributed by atoms with Crippen LogP contribution >= 0.6 is 0 Å². The number of fused-ring (bicyclic) bond motifs is 1. The zero-order valence-corrected chi connectivity index (χ0v) is 16.8. The van der Waals surface area contributed by atoms with E-state index in [0.717, 1.165) is 24.5 Å². The molecule has 0 bridgehead atoms. The first-order chi connectivity index (χ1) is 14.2. The molecule has 3 aromatic heterocycles. The highest BCUT2D eigenvalue weighted by molar-refractivity contribution is 5.82. The Hall–Kier alpha value is -3.18. The van der Waals surface area contributed by atoms with Crippen LogP contribution in [0.5, 0.6) is 0 Å². The number of para-hydroxylation sites is 1. The Bertz CT molecular complexity index is 1170. The van der Waals surface area contributed by atoms with E-state index in [1.807, 2.05) is 29.1 Å². The molecule has 3 heterocycles. The Morgan fingerprint density at radius 3 is 2.83 bits per heavy atom. The molecule has 5 nitrogen and oxygen atoms in total. The normalized spacial score (nSPS) is 18.7. The van der Waals surface area contributed by atoms with E-state index >= 15 is 0 Å². The maximum Gasteiger partial charge on any atom is 0.153 e. The van der Waals surface area contributed by atoms with Gasteiger partial charge in [0, 0.05) is 53.1 Å². The van der Waals surface area contributed by atoms with E-state index in [0.29, 0.717) is 12.0 Å². The van der Waals surface area contributed by atoms with Crippen molar-refractivity contribution in [2.75, 3.05) is 0 Å². The first-order valence-electron chi connectivity index (χ1n) is 10.1. The maximum atomic E-state index is 4.77. The summed E-state index contributed by atoms with van der Waals surface area (Å²) < 4.78 is 1.96. The van der Waals surface area contributed by atoms with Crippen molar-refractivity contribution in [3.63, 3.8) is 0 Å². The minimum atomic E-state index is 0.366. The van der Waals surface area contributed by atoms with Crippen molar-refractivity contribution in [3.05, 3.63) is 89.5 Å². The van der Waals surface area contributed by atoms with E-state index in [2.05, 4.69) is 71.7 Å². The summed E-state index contributed by atoms with van der Waals surface area (Å²) in [5.74, 6) is 1.25. The van der Waals surface area contributed by atoms with Crippen LogP contribution in [0.25, 0.3) is 16.7 Å². The Kier molecular flexibility index (Phi) is 4.52. The predicted molar refractivity (Wildman–Crippen MR) is 116 cm³/mol. The number of nitrogens with one attached hydrogen (secondary N) is 2. The number of aromatic nitrogens is 4. The van der Waals surface area contributed by atoms with Gasteiger partial charge in [-0.3, -0.25) is 0 Å². The van der Waals surface area contributed by atoms with Crippen molar-refractivity contribution in [2.24, 2.45) is 0 Å². The average Bonchev–Trinajstić information content (AvgIpc) is 3.44. The summed E-state index contributed by atoms with van der Waals surface area (Å²) in [7, 11) is 0. The van der Waals surface area contributed by atoms with Crippen molar-refractivity contribution in [3.8, 4) is 5.82 Å². The van der Waals surface area contributed by atoms with Gasteiger partial charge < -0.3 is 10.3 Å². The van der Waals surface area contributed by atoms with E-state index in [1.54, 1.807) is 0 Å². The lowest BCUT2D eigenvalue weighted by atomic mass is 9.96. The minimum Gasteiger partial charge on any atom is -0.361 e. The minimum absolute atomic E-state index is 0.366. The zero-order chi connectivity index (χ0) is 19.8. The van der Waals surface area contributed by atoms with E-state index in [9.17, 15) is 0 Å². The summed E-state index contributed by atoms with van der Waals surface area (Å²) in [6, 6.07) is 14.7. The number of aromatic amines is 1. The number of H-pyrrole nitrogens is 1. The molecule has 5 heteroatoms. The molecule has 146 valence electrons. The lowest BCUT2D eigenvalue weighted by Gasteiger charge is -2.14. The van der Waals surface area contributed by atoms with Gasteiger partial charge in [-0.05, 0) is 44.0 Å². The van der Waals surface area contributed by atoms with Crippen LogP contribution in [0, 0.1) is 13.8 Å². The number of nitrogens with zero attached hydrogens (tertiary/aromatic N) is 3. The molecule has 4 aromatic rings. The molecule has 2 atom stereocenters. The number of allylic oxidation sites excluding steroid dienone is 1. The molecule has 29 heavy (non-hydrogen) atoms. The van der Waals surface area contributed by atoms with Gasteiger partial charge in [-0.1, -0.05) is 36.4 Å². The number of hydrogen-bond acceptors (Lipinski definition) is 3. The molecule has 1 aromatic carbocycles. The molecule has 0 fully saturated rings. The predicted octanol–water partition coefficient (Wildman–Crippen LogP) is 4.57. The molecule has 0 amide bonds. The number of benzene rings is 1. The van der Waals surface area contributed by atoms with Crippen molar-refractivity contribution in [2.45, 2.75) is 38.8 Å². The smallest absolute Gasteiger partial charge is 0.153 e. The Morgan fingerprint density at radius 1 is 1.10 bits per heavy atom. The van der Waals surface area contributed by atoms with Crippen LogP contribution in [-0.4, -0.2) is 25.8 Å². The first-order valence-corrected chi connectivity index (χ1v) is 10.1. The van der Waals surface area contributed by atoms with Gasteiger partial charge in [0.1, 0.15) is 0 Å². The van der Waals surface area contributed by atoms with Crippen LogP contribution in [-0.2, 0) is 6.54 Å². The molecule has 0 saturated carbocycles. The summed E-state index contributed by atoms with van der Waals surface area (Å²) in [5.41, 5.74) is 6.08. The maximum absolute atomic E-state index is 4.77. The van der Waals surface area contributed by atoms with Crippen LogP contribution in [0.3, 0.4) is 0 Å².